The molecule has 1 fully saturated rings. The van der Waals surface area contributed by atoms with Gasteiger partial charge in [-0.05, 0) is 54.1 Å². The van der Waals surface area contributed by atoms with Gasteiger partial charge >= 0.3 is 0 Å². The van der Waals surface area contributed by atoms with Crippen molar-refractivity contribution < 1.29 is 10.0 Å². The first-order chi connectivity index (χ1) is 9.61. The molecule has 0 amide bonds. The van der Waals surface area contributed by atoms with Crippen molar-refractivity contribution in [2.45, 2.75) is 18.9 Å². The normalized spacial score (nSPS) is 18.2. The Labute approximate surface area is 131 Å². The minimum Gasteiger partial charge on any atom is -0.395 e. The van der Waals surface area contributed by atoms with Gasteiger partial charge in [0.25, 0.3) is 5.69 Å². The summed E-state index contributed by atoms with van der Waals surface area (Å²) in [6, 6.07) is 5.53. The predicted octanol–water partition coefficient (Wildman–Crippen LogP) is 1.75. The fraction of sp³-hybridized carbons (Fsp3) is 0.538. The van der Waals surface area contributed by atoms with E-state index in [1.807, 2.05) is 11.0 Å². The van der Waals surface area contributed by atoms with Gasteiger partial charge < -0.3 is 15.3 Å². The van der Waals surface area contributed by atoms with Crippen molar-refractivity contribution in [2.24, 2.45) is 0 Å². The number of benzene rings is 1. The van der Waals surface area contributed by atoms with Crippen LogP contribution in [0.2, 0.25) is 0 Å². The van der Waals surface area contributed by atoms with E-state index in [1.165, 1.54) is 0 Å². The van der Waals surface area contributed by atoms with Crippen LogP contribution in [0.5, 0.6) is 0 Å². The average Bonchev–Trinajstić information content (AvgIpc) is 2.91. The first-order valence-electron chi connectivity index (χ1n) is 6.65. The number of aliphatic hydroxyl groups excluding tert-OH is 1. The van der Waals surface area contributed by atoms with Crippen LogP contribution in [-0.2, 0) is 0 Å². The second-order valence-electron chi connectivity index (χ2n) is 4.85. The highest BCUT2D eigenvalue weighted by Crippen LogP contribution is 2.30. The molecule has 20 heavy (non-hydrogen) atoms. The number of rotatable bonds is 6. The van der Waals surface area contributed by atoms with Crippen LogP contribution in [0.3, 0.4) is 0 Å². The SMILES string of the molecule is O=[N+]([O-])c1cc(I)ccc1N(CCO)CC1CCCN1. The van der Waals surface area contributed by atoms with Crippen LogP contribution in [0.15, 0.2) is 18.2 Å². The lowest BCUT2D eigenvalue weighted by Gasteiger charge is -2.27. The van der Waals surface area contributed by atoms with Crippen LogP contribution >= 0.6 is 22.6 Å². The highest BCUT2D eigenvalue weighted by atomic mass is 127. The number of hydrogen-bond donors (Lipinski definition) is 2. The molecule has 1 aliphatic heterocycles. The smallest absolute Gasteiger partial charge is 0.293 e. The van der Waals surface area contributed by atoms with E-state index in [4.69, 9.17) is 0 Å². The van der Waals surface area contributed by atoms with E-state index in [0.717, 1.165) is 23.0 Å². The number of nitro groups is 1. The maximum atomic E-state index is 11.2. The van der Waals surface area contributed by atoms with Gasteiger partial charge in [-0.25, -0.2) is 0 Å². The zero-order chi connectivity index (χ0) is 14.5. The minimum absolute atomic E-state index is 0.0180. The van der Waals surface area contributed by atoms with Crippen LogP contribution in [0, 0.1) is 13.7 Å². The minimum atomic E-state index is -0.357. The zero-order valence-corrected chi connectivity index (χ0v) is 13.2. The second-order valence-corrected chi connectivity index (χ2v) is 6.10. The quantitative estimate of drug-likeness (QED) is 0.439. The van der Waals surface area contributed by atoms with Crippen molar-refractivity contribution in [1.29, 1.82) is 0 Å². The summed E-state index contributed by atoms with van der Waals surface area (Å²) in [5, 5.41) is 23.8. The van der Waals surface area contributed by atoms with Crippen molar-refractivity contribution >= 4 is 34.0 Å². The molecule has 1 atom stereocenters. The molecule has 1 saturated heterocycles. The molecule has 2 N–H and O–H groups in total. The lowest BCUT2D eigenvalue weighted by molar-refractivity contribution is -0.384. The number of anilines is 1. The predicted molar refractivity (Wildman–Crippen MR) is 86.1 cm³/mol. The Morgan fingerprint density at radius 1 is 1.55 bits per heavy atom. The summed E-state index contributed by atoms with van der Waals surface area (Å²) >= 11 is 2.07. The molecule has 0 spiro atoms. The molecular formula is C13H18IN3O3. The Morgan fingerprint density at radius 2 is 2.35 bits per heavy atom. The van der Waals surface area contributed by atoms with E-state index in [1.54, 1.807) is 12.1 Å². The summed E-state index contributed by atoms with van der Waals surface area (Å²) in [5.74, 6) is 0. The number of hydrogen-bond acceptors (Lipinski definition) is 5. The summed E-state index contributed by atoms with van der Waals surface area (Å²) in [4.78, 5) is 12.8. The lowest BCUT2D eigenvalue weighted by atomic mass is 10.2. The van der Waals surface area contributed by atoms with Crippen LogP contribution in [0.25, 0.3) is 0 Å². The van der Waals surface area contributed by atoms with Gasteiger partial charge in [0.1, 0.15) is 5.69 Å². The van der Waals surface area contributed by atoms with Crippen molar-refractivity contribution in [3.05, 3.63) is 31.9 Å². The van der Waals surface area contributed by atoms with E-state index in [-0.39, 0.29) is 17.2 Å². The Kier molecular flexibility index (Phi) is 5.55. The fourth-order valence-electron chi connectivity index (χ4n) is 2.52. The summed E-state index contributed by atoms with van der Waals surface area (Å²) in [5.41, 5.74) is 0.682. The molecule has 0 saturated carbocycles. The number of halogens is 1. The zero-order valence-electron chi connectivity index (χ0n) is 11.1. The first kappa shape index (κ1) is 15.5. The summed E-state index contributed by atoms with van der Waals surface area (Å²) in [6.07, 6.45) is 2.20. The van der Waals surface area contributed by atoms with Gasteiger partial charge in [0.05, 0.1) is 11.5 Å². The molecule has 0 aromatic heterocycles. The lowest BCUT2D eigenvalue weighted by Crippen LogP contribution is -2.39. The van der Waals surface area contributed by atoms with Gasteiger partial charge in [-0.2, -0.15) is 0 Å². The van der Waals surface area contributed by atoms with Crippen molar-refractivity contribution in [3.8, 4) is 0 Å². The monoisotopic (exact) mass is 391 g/mol. The molecule has 2 rings (SSSR count). The van der Waals surface area contributed by atoms with E-state index in [2.05, 4.69) is 27.9 Å². The molecule has 0 aliphatic carbocycles. The summed E-state index contributed by atoms with van der Waals surface area (Å²) in [6.45, 7) is 2.06. The summed E-state index contributed by atoms with van der Waals surface area (Å²) in [7, 11) is 0. The largest absolute Gasteiger partial charge is 0.395 e. The number of aliphatic hydroxyl groups is 1. The van der Waals surface area contributed by atoms with Crippen molar-refractivity contribution in [2.75, 3.05) is 31.1 Å². The van der Waals surface area contributed by atoms with Crippen molar-refractivity contribution in [1.82, 2.24) is 5.32 Å². The van der Waals surface area contributed by atoms with Crippen LogP contribution in [-0.4, -0.2) is 42.3 Å². The summed E-state index contributed by atoms with van der Waals surface area (Å²) < 4.78 is 0.834. The maximum absolute atomic E-state index is 11.2. The molecule has 110 valence electrons. The van der Waals surface area contributed by atoms with Crippen LogP contribution < -0.4 is 10.2 Å². The molecule has 0 radical (unpaired) electrons. The van der Waals surface area contributed by atoms with E-state index in [9.17, 15) is 15.2 Å². The third-order valence-electron chi connectivity index (χ3n) is 3.45. The van der Waals surface area contributed by atoms with Crippen molar-refractivity contribution in [3.63, 3.8) is 0 Å². The maximum Gasteiger partial charge on any atom is 0.293 e. The molecule has 6 nitrogen and oxygen atoms in total. The van der Waals surface area contributed by atoms with Crippen LogP contribution in [0.1, 0.15) is 12.8 Å². The molecular weight excluding hydrogens is 373 g/mol. The van der Waals surface area contributed by atoms with Gasteiger partial charge in [-0.3, -0.25) is 10.1 Å². The number of nitro benzene ring substituents is 1. The molecule has 7 heteroatoms. The Bertz CT molecular complexity index is 478. The van der Waals surface area contributed by atoms with E-state index >= 15 is 0 Å². The average molecular weight is 391 g/mol. The Morgan fingerprint density at radius 3 is 2.95 bits per heavy atom. The van der Waals surface area contributed by atoms with Gasteiger partial charge in [-0.15, -0.1) is 0 Å². The van der Waals surface area contributed by atoms with Gasteiger partial charge in [0, 0.05) is 28.8 Å². The molecule has 1 heterocycles. The third-order valence-corrected chi connectivity index (χ3v) is 4.12. The van der Waals surface area contributed by atoms with E-state index in [0.29, 0.717) is 24.8 Å². The highest BCUT2D eigenvalue weighted by molar-refractivity contribution is 14.1. The van der Waals surface area contributed by atoms with Gasteiger partial charge in [0.2, 0.25) is 0 Å². The number of nitrogens with one attached hydrogen (secondary N) is 1. The van der Waals surface area contributed by atoms with Gasteiger partial charge in [-0.1, -0.05) is 0 Å². The highest BCUT2D eigenvalue weighted by Gasteiger charge is 2.23. The number of nitrogens with zero attached hydrogens (tertiary/aromatic N) is 2. The molecule has 1 aromatic carbocycles. The van der Waals surface area contributed by atoms with E-state index < -0.39 is 0 Å². The molecule has 0 bridgehead atoms. The standard InChI is InChI=1S/C13H18IN3O3/c14-10-3-4-12(13(8-10)17(19)20)16(6-7-18)9-11-2-1-5-15-11/h3-4,8,11,15,18H,1-2,5-7,9H2. The van der Waals surface area contributed by atoms with Crippen LogP contribution in [0.4, 0.5) is 11.4 Å². The fourth-order valence-corrected chi connectivity index (χ4v) is 2.99. The topological polar surface area (TPSA) is 78.6 Å². The Balaban J connectivity index is 2.25. The molecule has 1 unspecified atom stereocenters. The Hall–Kier alpha value is -0.930. The second kappa shape index (κ2) is 7.19. The molecule has 1 aliphatic rings. The first-order valence-corrected chi connectivity index (χ1v) is 7.73. The molecule has 1 aromatic rings. The van der Waals surface area contributed by atoms with Gasteiger partial charge in [0.15, 0.2) is 0 Å². The third kappa shape index (κ3) is 3.80.